The summed E-state index contributed by atoms with van der Waals surface area (Å²) in [6, 6.07) is 11.8. The molecule has 3 N–H and O–H groups in total. The van der Waals surface area contributed by atoms with E-state index in [2.05, 4.69) is 10.6 Å². The number of aromatic hydroxyl groups is 1. The van der Waals surface area contributed by atoms with Gasteiger partial charge in [0.1, 0.15) is 0 Å². The van der Waals surface area contributed by atoms with Gasteiger partial charge in [0.15, 0.2) is 11.6 Å². The number of hydrogen-bond acceptors (Lipinski definition) is 3. The van der Waals surface area contributed by atoms with Gasteiger partial charge in [0, 0.05) is 19.3 Å². The first-order valence-corrected chi connectivity index (χ1v) is 6.59. The standard InChI is InChI=1S/C16H17FN2O2/c1-18-16(21)9-11-2-5-13(6-3-11)19-10-12-4-7-15(20)14(17)8-12/h2-8,19-20H,9-10H2,1H3,(H,18,21). The Morgan fingerprint density at radius 3 is 2.43 bits per heavy atom. The van der Waals surface area contributed by atoms with Crippen molar-refractivity contribution < 1.29 is 14.3 Å². The molecule has 0 fully saturated rings. The molecule has 110 valence electrons. The third kappa shape index (κ3) is 4.21. The van der Waals surface area contributed by atoms with Crippen LogP contribution in [0.3, 0.4) is 0 Å². The maximum atomic E-state index is 13.2. The molecule has 21 heavy (non-hydrogen) atoms. The van der Waals surface area contributed by atoms with Crippen LogP contribution in [0.15, 0.2) is 42.5 Å². The van der Waals surface area contributed by atoms with Crippen molar-refractivity contribution >= 4 is 11.6 Å². The molecule has 0 aliphatic carbocycles. The molecule has 0 atom stereocenters. The molecule has 4 nitrogen and oxygen atoms in total. The summed E-state index contributed by atoms with van der Waals surface area (Å²) >= 11 is 0. The molecule has 0 saturated heterocycles. The quantitative estimate of drug-likeness (QED) is 0.792. The van der Waals surface area contributed by atoms with E-state index in [0.29, 0.717) is 13.0 Å². The zero-order valence-corrected chi connectivity index (χ0v) is 11.7. The van der Waals surface area contributed by atoms with Gasteiger partial charge in [0.25, 0.3) is 0 Å². The average molecular weight is 288 g/mol. The summed E-state index contributed by atoms with van der Waals surface area (Å²) in [5.41, 5.74) is 2.54. The third-order valence-electron chi connectivity index (χ3n) is 3.11. The highest BCUT2D eigenvalue weighted by Gasteiger charge is 2.03. The Morgan fingerprint density at radius 2 is 1.81 bits per heavy atom. The number of amides is 1. The molecule has 0 spiro atoms. The fourth-order valence-electron chi connectivity index (χ4n) is 1.88. The molecule has 0 aliphatic heterocycles. The number of phenolic OH excluding ortho intramolecular Hbond substituents is 1. The fraction of sp³-hybridized carbons (Fsp3) is 0.188. The van der Waals surface area contributed by atoms with E-state index in [-0.39, 0.29) is 11.7 Å². The number of nitrogens with one attached hydrogen (secondary N) is 2. The zero-order valence-electron chi connectivity index (χ0n) is 11.7. The van der Waals surface area contributed by atoms with Crippen LogP contribution in [0.2, 0.25) is 0 Å². The van der Waals surface area contributed by atoms with Gasteiger partial charge in [-0.1, -0.05) is 18.2 Å². The minimum atomic E-state index is -0.629. The first kappa shape index (κ1) is 14.8. The van der Waals surface area contributed by atoms with Crippen molar-refractivity contribution in [3.8, 4) is 5.75 Å². The molecule has 0 aromatic heterocycles. The second kappa shape index (κ2) is 6.74. The Morgan fingerprint density at radius 1 is 1.14 bits per heavy atom. The van der Waals surface area contributed by atoms with Crippen molar-refractivity contribution in [3.63, 3.8) is 0 Å². The second-order valence-corrected chi connectivity index (χ2v) is 4.69. The third-order valence-corrected chi connectivity index (χ3v) is 3.11. The first-order chi connectivity index (χ1) is 10.1. The van der Waals surface area contributed by atoms with Crippen LogP contribution < -0.4 is 10.6 Å². The Hall–Kier alpha value is -2.56. The number of phenols is 1. The zero-order chi connectivity index (χ0) is 15.2. The van der Waals surface area contributed by atoms with Crippen LogP contribution in [0.4, 0.5) is 10.1 Å². The van der Waals surface area contributed by atoms with Gasteiger partial charge in [0.2, 0.25) is 5.91 Å². The van der Waals surface area contributed by atoms with E-state index in [4.69, 9.17) is 5.11 Å². The van der Waals surface area contributed by atoms with Crippen LogP contribution in [-0.4, -0.2) is 18.1 Å². The predicted molar refractivity (Wildman–Crippen MR) is 79.6 cm³/mol. The molecule has 2 rings (SSSR count). The minimum Gasteiger partial charge on any atom is -0.505 e. The number of likely N-dealkylation sites (N-methyl/N-ethyl adjacent to an activating group) is 1. The van der Waals surface area contributed by atoms with E-state index in [1.165, 1.54) is 12.1 Å². The number of halogens is 1. The molecule has 0 unspecified atom stereocenters. The van der Waals surface area contributed by atoms with Crippen LogP contribution in [0.1, 0.15) is 11.1 Å². The Bertz CT molecular complexity index is 627. The minimum absolute atomic E-state index is 0.0322. The lowest BCUT2D eigenvalue weighted by Crippen LogP contribution is -2.19. The molecule has 0 radical (unpaired) electrons. The van der Waals surface area contributed by atoms with E-state index in [1.807, 2.05) is 24.3 Å². The van der Waals surface area contributed by atoms with Crippen LogP contribution in [-0.2, 0) is 17.8 Å². The fourth-order valence-corrected chi connectivity index (χ4v) is 1.88. The van der Waals surface area contributed by atoms with Crippen molar-refractivity contribution in [2.24, 2.45) is 0 Å². The molecule has 0 bridgehead atoms. The molecule has 1 amide bonds. The van der Waals surface area contributed by atoms with Crippen molar-refractivity contribution in [2.75, 3.05) is 12.4 Å². The summed E-state index contributed by atoms with van der Waals surface area (Å²) in [7, 11) is 1.61. The highest BCUT2D eigenvalue weighted by Crippen LogP contribution is 2.17. The van der Waals surface area contributed by atoms with E-state index in [9.17, 15) is 9.18 Å². The van der Waals surface area contributed by atoms with Gasteiger partial charge in [-0.25, -0.2) is 4.39 Å². The van der Waals surface area contributed by atoms with Gasteiger partial charge >= 0.3 is 0 Å². The van der Waals surface area contributed by atoms with E-state index >= 15 is 0 Å². The average Bonchev–Trinajstić information content (AvgIpc) is 2.50. The van der Waals surface area contributed by atoms with Crippen LogP contribution in [0.5, 0.6) is 5.75 Å². The number of rotatable bonds is 5. The number of carbonyl (C=O) groups excluding carboxylic acids is 1. The Labute approximate surface area is 122 Å². The summed E-state index contributed by atoms with van der Waals surface area (Å²) in [4.78, 5) is 11.3. The first-order valence-electron chi connectivity index (χ1n) is 6.59. The van der Waals surface area contributed by atoms with E-state index in [1.54, 1.807) is 13.1 Å². The Kier molecular flexibility index (Phi) is 4.77. The van der Waals surface area contributed by atoms with Crippen molar-refractivity contribution in [2.45, 2.75) is 13.0 Å². The smallest absolute Gasteiger partial charge is 0.224 e. The predicted octanol–water partition coefficient (Wildman–Crippen LogP) is 2.43. The van der Waals surface area contributed by atoms with Gasteiger partial charge in [-0.2, -0.15) is 0 Å². The highest BCUT2D eigenvalue weighted by atomic mass is 19.1. The van der Waals surface area contributed by atoms with Gasteiger partial charge in [-0.3, -0.25) is 4.79 Å². The topological polar surface area (TPSA) is 61.4 Å². The lowest BCUT2D eigenvalue weighted by Gasteiger charge is -2.08. The summed E-state index contributed by atoms with van der Waals surface area (Å²) in [6.45, 7) is 0.450. The summed E-state index contributed by atoms with van der Waals surface area (Å²) in [6.07, 6.45) is 0.347. The maximum Gasteiger partial charge on any atom is 0.224 e. The lowest BCUT2D eigenvalue weighted by molar-refractivity contribution is -0.119. The van der Waals surface area contributed by atoms with Crippen molar-refractivity contribution in [3.05, 3.63) is 59.4 Å². The molecule has 0 saturated carbocycles. The largest absolute Gasteiger partial charge is 0.505 e. The monoisotopic (exact) mass is 288 g/mol. The van der Waals surface area contributed by atoms with Gasteiger partial charge in [-0.05, 0) is 35.4 Å². The number of carbonyl (C=O) groups is 1. The molecule has 2 aromatic rings. The van der Waals surface area contributed by atoms with E-state index in [0.717, 1.165) is 16.8 Å². The second-order valence-electron chi connectivity index (χ2n) is 4.69. The normalized spacial score (nSPS) is 10.2. The lowest BCUT2D eigenvalue weighted by atomic mass is 10.1. The van der Waals surface area contributed by atoms with Gasteiger partial charge < -0.3 is 15.7 Å². The molecule has 5 heteroatoms. The molecule has 0 aliphatic rings. The number of hydrogen-bond donors (Lipinski definition) is 3. The van der Waals surface area contributed by atoms with Crippen LogP contribution in [0, 0.1) is 5.82 Å². The highest BCUT2D eigenvalue weighted by molar-refractivity contribution is 5.78. The van der Waals surface area contributed by atoms with E-state index < -0.39 is 5.82 Å². The molecule has 0 heterocycles. The number of benzene rings is 2. The Balaban J connectivity index is 1.94. The molecule has 2 aromatic carbocycles. The van der Waals surface area contributed by atoms with Crippen LogP contribution in [0.25, 0.3) is 0 Å². The van der Waals surface area contributed by atoms with Crippen molar-refractivity contribution in [1.29, 1.82) is 0 Å². The number of anilines is 1. The summed E-state index contributed by atoms with van der Waals surface area (Å²) in [5, 5.41) is 14.9. The van der Waals surface area contributed by atoms with Gasteiger partial charge in [0.05, 0.1) is 6.42 Å². The molecular formula is C16H17FN2O2. The van der Waals surface area contributed by atoms with Gasteiger partial charge in [-0.15, -0.1) is 0 Å². The van der Waals surface area contributed by atoms with Crippen LogP contribution >= 0.6 is 0 Å². The summed E-state index contributed by atoms with van der Waals surface area (Å²) in [5.74, 6) is -1.01. The molecular weight excluding hydrogens is 271 g/mol. The SMILES string of the molecule is CNC(=O)Cc1ccc(NCc2ccc(O)c(F)c2)cc1. The van der Waals surface area contributed by atoms with Crippen molar-refractivity contribution in [1.82, 2.24) is 5.32 Å². The maximum absolute atomic E-state index is 13.2. The summed E-state index contributed by atoms with van der Waals surface area (Å²) < 4.78 is 13.2.